The van der Waals surface area contributed by atoms with Crippen LogP contribution in [0.1, 0.15) is 49.1 Å². The van der Waals surface area contributed by atoms with Gasteiger partial charge >= 0.3 is 0 Å². The lowest BCUT2D eigenvalue weighted by molar-refractivity contribution is 0.0955. The summed E-state index contributed by atoms with van der Waals surface area (Å²) >= 11 is 0. The highest BCUT2D eigenvalue weighted by molar-refractivity contribution is 6.01. The molecule has 1 aromatic heterocycles. The van der Waals surface area contributed by atoms with Crippen molar-refractivity contribution in [1.82, 2.24) is 10.3 Å². The van der Waals surface area contributed by atoms with Crippen LogP contribution in [0.3, 0.4) is 0 Å². The van der Waals surface area contributed by atoms with Crippen molar-refractivity contribution in [2.75, 3.05) is 20.3 Å². The molecular formula is C21H23N3O3. The third-order valence-electron chi connectivity index (χ3n) is 5.61. The number of amides is 2. The number of rotatable bonds is 5. The Bertz CT molecular complexity index is 898. The van der Waals surface area contributed by atoms with E-state index in [1.165, 1.54) is 5.56 Å². The summed E-state index contributed by atoms with van der Waals surface area (Å²) < 4.78 is 5.46. The number of pyridine rings is 1. The van der Waals surface area contributed by atoms with E-state index in [0.29, 0.717) is 54.0 Å². The van der Waals surface area contributed by atoms with E-state index in [1.807, 2.05) is 31.2 Å². The lowest BCUT2D eigenvalue weighted by Gasteiger charge is -2.16. The van der Waals surface area contributed by atoms with Crippen LogP contribution in [-0.4, -0.2) is 37.1 Å². The van der Waals surface area contributed by atoms with Gasteiger partial charge in [0.1, 0.15) is 5.69 Å². The molecule has 2 aromatic rings. The average molecular weight is 365 g/mol. The molecule has 2 aliphatic rings. The predicted octanol–water partition coefficient (Wildman–Crippen LogP) is 1.80. The minimum Gasteiger partial charge on any atom is -0.381 e. The molecule has 1 unspecified atom stereocenters. The Labute approximate surface area is 158 Å². The van der Waals surface area contributed by atoms with Gasteiger partial charge in [-0.25, -0.2) is 4.98 Å². The summed E-state index contributed by atoms with van der Waals surface area (Å²) in [6.07, 6.45) is 0.533. The van der Waals surface area contributed by atoms with Gasteiger partial charge in [-0.05, 0) is 36.3 Å². The summed E-state index contributed by atoms with van der Waals surface area (Å²) in [7, 11) is 1.57. The molecule has 0 bridgehead atoms. The first-order chi connectivity index (χ1) is 13.0. The average Bonchev–Trinajstić information content (AvgIpc) is 3.11. The Kier molecular flexibility index (Phi) is 4.44. The van der Waals surface area contributed by atoms with Gasteiger partial charge in [0.15, 0.2) is 0 Å². The Morgan fingerprint density at radius 1 is 1.22 bits per heavy atom. The number of aromatic nitrogens is 1. The van der Waals surface area contributed by atoms with Gasteiger partial charge in [-0.2, -0.15) is 0 Å². The van der Waals surface area contributed by atoms with Gasteiger partial charge in [0.2, 0.25) is 5.91 Å². The number of primary amides is 1. The fraction of sp³-hybridized carbons (Fsp3) is 0.381. The summed E-state index contributed by atoms with van der Waals surface area (Å²) in [5, 5.41) is 2.65. The van der Waals surface area contributed by atoms with Crippen LogP contribution in [-0.2, 0) is 11.2 Å². The highest BCUT2D eigenvalue weighted by atomic mass is 16.5. The first-order valence-electron chi connectivity index (χ1n) is 9.18. The highest BCUT2D eigenvalue weighted by Gasteiger charge is 2.56. The monoisotopic (exact) mass is 365 g/mol. The third-order valence-corrected chi connectivity index (χ3v) is 5.61. The standard InChI is InChI=1S/C21H23N3O3/c1-11-3-5-12(6-4-11)7-13-8-14(20(22)25)18(19(24-13)21(26)23-2)17-15-9-27-10-16(15)17/h3-6,8,15-17H,7,9-10H2,1-2H3,(H2,22,25)(H,23,26)/t15-,16+,17?. The number of fused-ring (bicyclic) bond motifs is 1. The van der Waals surface area contributed by atoms with E-state index < -0.39 is 5.91 Å². The minimum atomic E-state index is -0.520. The highest BCUT2D eigenvalue weighted by Crippen LogP contribution is 2.58. The molecule has 1 aliphatic carbocycles. The van der Waals surface area contributed by atoms with Crippen molar-refractivity contribution < 1.29 is 14.3 Å². The third kappa shape index (κ3) is 3.21. The summed E-state index contributed by atoms with van der Waals surface area (Å²) in [4.78, 5) is 29.4. The zero-order valence-corrected chi connectivity index (χ0v) is 15.5. The lowest BCUT2D eigenvalue weighted by Crippen LogP contribution is -2.26. The molecule has 2 heterocycles. The number of benzene rings is 1. The number of aryl methyl sites for hydroxylation is 1. The van der Waals surface area contributed by atoms with E-state index in [0.717, 1.165) is 5.56 Å². The molecule has 0 radical (unpaired) electrons. The normalized spacial score (nSPS) is 23.0. The van der Waals surface area contributed by atoms with E-state index in [1.54, 1.807) is 13.1 Å². The molecule has 1 aliphatic heterocycles. The summed E-state index contributed by atoms with van der Waals surface area (Å²) in [5.41, 5.74) is 10.0. The van der Waals surface area contributed by atoms with Crippen molar-refractivity contribution >= 4 is 11.8 Å². The van der Waals surface area contributed by atoms with Gasteiger partial charge < -0.3 is 15.8 Å². The molecule has 6 nitrogen and oxygen atoms in total. The Morgan fingerprint density at radius 3 is 2.48 bits per heavy atom. The quantitative estimate of drug-likeness (QED) is 0.845. The topological polar surface area (TPSA) is 94.3 Å². The van der Waals surface area contributed by atoms with Gasteiger partial charge in [-0.15, -0.1) is 0 Å². The number of nitrogens with two attached hydrogens (primary N) is 1. The molecule has 3 atom stereocenters. The Balaban J connectivity index is 1.77. The maximum atomic E-state index is 12.6. The van der Waals surface area contributed by atoms with Gasteiger partial charge in [-0.1, -0.05) is 29.8 Å². The van der Waals surface area contributed by atoms with Crippen molar-refractivity contribution in [2.45, 2.75) is 19.3 Å². The molecule has 6 heteroatoms. The van der Waals surface area contributed by atoms with E-state index in [-0.39, 0.29) is 11.8 Å². The van der Waals surface area contributed by atoms with Crippen molar-refractivity contribution in [3.63, 3.8) is 0 Å². The molecule has 1 aromatic carbocycles. The summed E-state index contributed by atoms with van der Waals surface area (Å²) in [5.74, 6) is -0.000247. The van der Waals surface area contributed by atoms with Gasteiger partial charge in [0.05, 0.1) is 13.2 Å². The first kappa shape index (κ1) is 17.7. The number of carbonyl (C=O) groups excluding carboxylic acids is 2. The molecule has 3 N–H and O–H groups in total. The van der Waals surface area contributed by atoms with E-state index >= 15 is 0 Å². The molecule has 27 heavy (non-hydrogen) atoms. The fourth-order valence-electron chi connectivity index (χ4n) is 4.11. The van der Waals surface area contributed by atoms with E-state index in [4.69, 9.17) is 10.5 Å². The van der Waals surface area contributed by atoms with Crippen LogP contribution in [0.25, 0.3) is 0 Å². The maximum Gasteiger partial charge on any atom is 0.269 e. The number of nitrogens with zero attached hydrogens (tertiary/aromatic N) is 1. The van der Waals surface area contributed by atoms with Crippen molar-refractivity contribution in [1.29, 1.82) is 0 Å². The van der Waals surface area contributed by atoms with Crippen LogP contribution in [0.15, 0.2) is 30.3 Å². The van der Waals surface area contributed by atoms with Crippen molar-refractivity contribution in [3.8, 4) is 0 Å². The van der Waals surface area contributed by atoms with Crippen molar-refractivity contribution in [3.05, 3.63) is 64.0 Å². The molecule has 1 saturated heterocycles. The molecule has 1 saturated carbocycles. The zero-order chi connectivity index (χ0) is 19.1. The van der Waals surface area contributed by atoms with Crippen molar-refractivity contribution in [2.24, 2.45) is 17.6 Å². The summed E-state index contributed by atoms with van der Waals surface area (Å²) in [6.45, 7) is 3.35. The molecular weight excluding hydrogens is 342 g/mol. The zero-order valence-electron chi connectivity index (χ0n) is 15.5. The maximum absolute atomic E-state index is 12.6. The van der Waals surface area contributed by atoms with Gasteiger partial charge in [0.25, 0.3) is 5.91 Å². The molecule has 0 spiro atoms. The van der Waals surface area contributed by atoms with Gasteiger partial charge in [0, 0.05) is 30.3 Å². The van der Waals surface area contributed by atoms with Crippen LogP contribution in [0, 0.1) is 18.8 Å². The van der Waals surface area contributed by atoms with E-state index in [2.05, 4.69) is 10.3 Å². The largest absolute Gasteiger partial charge is 0.381 e. The molecule has 2 fully saturated rings. The number of hydrogen-bond acceptors (Lipinski definition) is 4. The summed E-state index contributed by atoms with van der Waals surface area (Å²) in [6, 6.07) is 9.86. The van der Waals surface area contributed by atoms with Crippen LogP contribution in [0.4, 0.5) is 0 Å². The number of ether oxygens (including phenoxy) is 1. The second-order valence-electron chi connectivity index (χ2n) is 7.42. The van der Waals surface area contributed by atoms with Crippen LogP contribution in [0.2, 0.25) is 0 Å². The minimum absolute atomic E-state index is 0.120. The second kappa shape index (κ2) is 6.78. The number of hydrogen-bond donors (Lipinski definition) is 2. The smallest absolute Gasteiger partial charge is 0.269 e. The van der Waals surface area contributed by atoms with E-state index in [9.17, 15) is 9.59 Å². The molecule has 4 rings (SSSR count). The fourth-order valence-corrected chi connectivity index (χ4v) is 4.11. The predicted molar refractivity (Wildman–Crippen MR) is 101 cm³/mol. The Morgan fingerprint density at radius 2 is 1.89 bits per heavy atom. The van der Waals surface area contributed by atoms with Gasteiger partial charge in [-0.3, -0.25) is 9.59 Å². The van der Waals surface area contributed by atoms with Crippen LogP contribution < -0.4 is 11.1 Å². The Hall–Kier alpha value is -2.73. The molecule has 2 amide bonds. The lowest BCUT2D eigenvalue weighted by atomic mass is 9.95. The van der Waals surface area contributed by atoms with Crippen LogP contribution in [0.5, 0.6) is 0 Å². The second-order valence-corrected chi connectivity index (χ2v) is 7.42. The SMILES string of the molecule is CNC(=O)c1nc(Cc2ccc(C)cc2)cc(C(N)=O)c1C1[C@H]2COC[C@@H]12. The molecule has 140 valence electrons. The van der Waals surface area contributed by atoms with Crippen LogP contribution >= 0.6 is 0 Å². The first-order valence-corrected chi connectivity index (χ1v) is 9.18. The number of nitrogens with one attached hydrogen (secondary N) is 1. The number of carbonyl (C=O) groups is 2.